The molecule has 90 valence electrons. The molecule has 1 aromatic heterocycles. The van der Waals surface area contributed by atoms with Crippen molar-refractivity contribution in [3.8, 4) is 0 Å². The molecule has 1 unspecified atom stereocenters. The zero-order valence-electron chi connectivity index (χ0n) is 9.12. The Hall–Kier alpha value is -1.11. The van der Waals surface area contributed by atoms with Crippen LogP contribution in [-0.4, -0.2) is 43.7 Å². The summed E-state index contributed by atoms with van der Waals surface area (Å²) in [4.78, 5) is 11.1. The van der Waals surface area contributed by atoms with Gasteiger partial charge in [0.2, 0.25) is 0 Å². The van der Waals surface area contributed by atoms with Gasteiger partial charge in [-0.05, 0) is 0 Å². The molecule has 1 atom stereocenters. The van der Waals surface area contributed by atoms with Crippen LogP contribution in [-0.2, 0) is 9.47 Å². The van der Waals surface area contributed by atoms with E-state index in [4.69, 9.17) is 21.1 Å². The van der Waals surface area contributed by atoms with Gasteiger partial charge in [-0.15, -0.1) is 0 Å². The highest BCUT2D eigenvalue weighted by Gasteiger charge is 2.09. The first-order valence-electron chi connectivity index (χ1n) is 4.67. The lowest BCUT2D eigenvalue weighted by Crippen LogP contribution is -2.27. The number of methoxy groups -OCH3 is 2. The van der Waals surface area contributed by atoms with E-state index in [1.165, 1.54) is 6.20 Å². The first-order chi connectivity index (χ1) is 7.69. The second-order valence-corrected chi connectivity index (χ2v) is 3.50. The summed E-state index contributed by atoms with van der Waals surface area (Å²) in [5.74, 6) is 0. The van der Waals surface area contributed by atoms with Gasteiger partial charge in [-0.3, -0.25) is 4.79 Å². The number of halogens is 1. The molecule has 0 aliphatic rings. The monoisotopic (exact) mass is 247 g/mol. The highest BCUT2D eigenvalue weighted by Crippen LogP contribution is 2.14. The molecule has 0 amide bonds. The van der Waals surface area contributed by atoms with E-state index in [2.05, 4.69) is 15.5 Å². The fourth-order valence-corrected chi connectivity index (χ4v) is 1.28. The van der Waals surface area contributed by atoms with Crippen LogP contribution in [0.25, 0.3) is 0 Å². The minimum absolute atomic E-state index is 0.0854. The van der Waals surface area contributed by atoms with Gasteiger partial charge in [0.1, 0.15) is 5.02 Å². The number of H-pyrrole nitrogens is 1. The van der Waals surface area contributed by atoms with Crippen LogP contribution in [0.15, 0.2) is 11.0 Å². The maximum atomic E-state index is 11.1. The van der Waals surface area contributed by atoms with Crippen molar-refractivity contribution >= 4 is 17.3 Å². The molecule has 0 saturated carbocycles. The second-order valence-electron chi connectivity index (χ2n) is 3.12. The molecule has 2 N–H and O–H groups in total. The Morgan fingerprint density at radius 3 is 3.00 bits per heavy atom. The Labute approximate surface area is 97.9 Å². The van der Waals surface area contributed by atoms with Crippen LogP contribution in [0.5, 0.6) is 0 Å². The van der Waals surface area contributed by atoms with Gasteiger partial charge in [0.05, 0.1) is 24.6 Å². The van der Waals surface area contributed by atoms with E-state index in [1.54, 1.807) is 14.2 Å². The molecule has 0 saturated heterocycles. The molecule has 0 fully saturated rings. The molecular weight excluding hydrogens is 234 g/mol. The lowest BCUT2D eigenvalue weighted by molar-refractivity contribution is 0.0365. The molecule has 0 aromatic carbocycles. The van der Waals surface area contributed by atoms with Crippen LogP contribution in [0.2, 0.25) is 5.02 Å². The number of rotatable bonds is 6. The minimum Gasteiger partial charge on any atom is -0.382 e. The van der Waals surface area contributed by atoms with E-state index in [0.717, 1.165) is 0 Å². The summed E-state index contributed by atoms with van der Waals surface area (Å²) in [6.07, 6.45) is 1.34. The standard InChI is InChI=1S/C9H14ClN3O3/c1-15-5-6(16-2)3-11-7-4-12-13-9(14)8(7)10/h4,6H,3,5H2,1-2H3,(H2,11,13,14). The van der Waals surface area contributed by atoms with Crippen LogP contribution in [0, 0.1) is 0 Å². The fourth-order valence-electron chi connectivity index (χ4n) is 1.13. The van der Waals surface area contributed by atoms with Crippen LogP contribution in [0.1, 0.15) is 0 Å². The number of aromatic nitrogens is 2. The summed E-state index contributed by atoms with van der Waals surface area (Å²) < 4.78 is 10.1. The first-order valence-corrected chi connectivity index (χ1v) is 5.05. The third-order valence-corrected chi connectivity index (χ3v) is 2.38. The molecular formula is C9H14ClN3O3. The fraction of sp³-hybridized carbons (Fsp3) is 0.556. The normalized spacial score (nSPS) is 12.4. The van der Waals surface area contributed by atoms with Gasteiger partial charge in [-0.25, -0.2) is 5.10 Å². The van der Waals surface area contributed by atoms with E-state index < -0.39 is 5.56 Å². The van der Waals surface area contributed by atoms with E-state index in [1.807, 2.05) is 0 Å². The van der Waals surface area contributed by atoms with Crippen molar-refractivity contribution in [2.75, 3.05) is 32.7 Å². The zero-order valence-corrected chi connectivity index (χ0v) is 9.87. The Morgan fingerprint density at radius 2 is 2.38 bits per heavy atom. The summed E-state index contributed by atoms with van der Waals surface area (Å²) in [6.45, 7) is 0.937. The molecule has 0 aliphatic heterocycles. The highest BCUT2D eigenvalue weighted by molar-refractivity contribution is 6.32. The summed E-state index contributed by atoms with van der Waals surface area (Å²) in [5, 5.41) is 8.93. The van der Waals surface area contributed by atoms with E-state index in [9.17, 15) is 4.79 Å². The average molecular weight is 248 g/mol. The van der Waals surface area contributed by atoms with Crippen molar-refractivity contribution in [2.45, 2.75) is 6.10 Å². The van der Waals surface area contributed by atoms with Crippen molar-refractivity contribution < 1.29 is 9.47 Å². The van der Waals surface area contributed by atoms with E-state index in [0.29, 0.717) is 18.8 Å². The molecule has 0 radical (unpaired) electrons. The van der Waals surface area contributed by atoms with Gasteiger partial charge < -0.3 is 14.8 Å². The summed E-state index contributed by atoms with van der Waals surface area (Å²) in [6, 6.07) is 0. The zero-order chi connectivity index (χ0) is 12.0. The quantitative estimate of drug-likeness (QED) is 0.766. The van der Waals surface area contributed by atoms with Crippen molar-refractivity contribution in [1.29, 1.82) is 0 Å². The molecule has 0 spiro atoms. The smallest absolute Gasteiger partial charge is 0.285 e. The minimum atomic E-state index is -0.424. The van der Waals surface area contributed by atoms with Crippen LogP contribution in [0.3, 0.4) is 0 Å². The van der Waals surface area contributed by atoms with Crippen molar-refractivity contribution in [2.24, 2.45) is 0 Å². The van der Waals surface area contributed by atoms with Gasteiger partial charge in [0.25, 0.3) is 5.56 Å². The van der Waals surface area contributed by atoms with Gasteiger partial charge in [0, 0.05) is 20.8 Å². The second kappa shape index (κ2) is 6.47. The summed E-state index contributed by atoms with van der Waals surface area (Å²) in [7, 11) is 3.18. The highest BCUT2D eigenvalue weighted by atomic mass is 35.5. The van der Waals surface area contributed by atoms with Crippen molar-refractivity contribution in [1.82, 2.24) is 10.2 Å². The molecule has 1 rings (SSSR count). The molecule has 1 heterocycles. The molecule has 16 heavy (non-hydrogen) atoms. The summed E-state index contributed by atoms with van der Waals surface area (Å²) in [5.41, 5.74) is 0.0518. The third kappa shape index (κ3) is 3.48. The van der Waals surface area contributed by atoms with Gasteiger partial charge >= 0.3 is 0 Å². The van der Waals surface area contributed by atoms with Gasteiger partial charge in [-0.2, -0.15) is 5.10 Å². The van der Waals surface area contributed by atoms with Crippen LogP contribution in [0.4, 0.5) is 5.69 Å². The number of ether oxygens (including phenoxy) is 2. The topological polar surface area (TPSA) is 76.2 Å². The Kier molecular flexibility index (Phi) is 5.24. The third-order valence-electron chi connectivity index (χ3n) is 2.00. The number of aromatic amines is 1. The molecule has 1 aromatic rings. The molecule has 6 nitrogen and oxygen atoms in total. The van der Waals surface area contributed by atoms with E-state index >= 15 is 0 Å². The average Bonchev–Trinajstić information content (AvgIpc) is 2.29. The lowest BCUT2D eigenvalue weighted by Gasteiger charge is -2.15. The predicted octanol–water partition coefficient (Wildman–Crippen LogP) is 0.497. The lowest BCUT2D eigenvalue weighted by atomic mass is 10.3. The number of hydrogen-bond acceptors (Lipinski definition) is 5. The Bertz CT molecular complexity index is 383. The van der Waals surface area contributed by atoms with Crippen molar-refractivity contribution in [3.05, 3.63) is 21.6 Å². The van der Waals surface area contributed by atoms with Gasteiger partial charge in [-0.1, -0.05) is 11.6 Å². The van der Waals surface area contributed by atoms with Crippen LogP contribution >= 0.6 is 11.6 Å². The number of nitrogens with one attached hydrogen (secondary N) is 2. The van der Waals surface area contributed by atoms with E-state index in [-0.39, 0.29) is 11.1 Å². The maximum Gasteiger partial charge on any atom is 0.285 e. The summed E-state index contributed by atoms with van der Waals surface area (Å²) >= 11 is 5.78. The SMILES string of the molecule is COCC(CNc1cn[nH]c(=O)c1Cl)OC. The molecule has 0 aliphatic carbocycles. The Balaban J connectivity index is 2.60. The van der Waals surface area contributed by atoms with Gasteiger partial charge in [0.15, 0.2) is 0 Å². The largest absolute Gasteiger partial charge is 0.382 e. The number of hydrogen-bond donors (Lipinski definition) is 2. The maximum absolute atomic E-state index is 11.1. The first kappa shape index (κ1) is 13.0. The van der Waals surface area contributed by atoms with Crippen molar-refractivity contribution in [3.63, 3.8) is 0 Å². The molecule has 7 heteroatoms. The number of anilines is 1. The number of nitrogens with zero attached hydrogens (tertiary/aromatic N) is 1. The predicted molar refractivity (Wildman–Crippen MR) is 61.0 cm³/mol. The van der Waals surface area contributed by atoms with Crippen LogP contribution < -0.4 is 10.9 Å². The Morgan fingerprint density at radius 1 is 1.62 bits per heavy atom. The molecule has 0 bridgehead atoms.